The molecular formula is C19H19F2N2+. The van der Waals surface area contributed by atoms with Gasteiger partial charge < -0.3 is 4.90 Å². The van der Waals surface area contributed by atoms with Crippen LogP contribution >= 0.6 is 0 Å². The summed E-state index contributed by atoms with van der Waals surface area (Å²) in [6.07, 6.45) is 4.85. The van der Waals surface area contributed by atoms with E-state index < -0.39 is 11.6 Å². The summed E-state index contributed by atoms with van der Waals surface area (Å²) in [6, 6.07) is 6.37. The van der Waals surface area contributed by atoms with Gasteiger partial charge >= 0.3 is 0 Å². The van der Waals surface area contributed by atoms with Crippen molar-refractivity contribution in [3.8, 4) is 11.3 Å². The highest BCUT2D eigenvalue weighted by molar-refractivity contribution is 5.66. The third-order valence-electron chi connectivity index (χ3n) is 5.58. The van der Waals surface area contributed by atoms with Crippen molar-refractivity contribution in [1.29, 1.82) is 0 Å². The average molecular weight is 313 g/mol. The third kappa shape index (κ3) is 1.75. The number of hydrogen-bond donors (Lipinski definition) is 0. The molecule has 4 heteroatoms. The average Bonchev–Trinajstić information content (AvgIpc) is 2.65. The highest BCUT2D eigenvalue weighted by Gasteiger charge is 2.51. The van der Waals surface area contributed by atoms with Crippen LogP contribution in [0.1, 0.15) is 24.8 Å². The minimum atomic E-state index is -0.525. The van der Waals surface area contributed by atoms with E-state index in [4.69, 9.17) is 0 Å². The number of aromatic nitrogens is 1. The Morgan fingerprint density at radius 2 is 2.13 bits per heavy atom. The maximum absolute atomic E-state index is 14.5. The number of rotatable bonds is 1. The molecule has 0 amide bonds. The van der Waals surface area contributed by atoms with Crippen LogP contribution in [0.25, 0.3) is 11.3 Å². The minimum Gasteiger partial charge on any atom is -0.369 e. The van der Waals surface area contributed by atoms with Crippen molar-refractivity contribution in [3.05, 3.63) is 60.3 Å². The summed E-state index contributed by atoms with van der Waals surface area (Å²) in [5.41, 5.74) is 2.74. The summed E-state index contributed by atoms with van der Waals surface area (Å²) < 4.78 is 30.5. The van der Waals surface area contributed by atoms with Crippen LogP contribution in [0, 0.1) is 11.6 Å². The topological polar surface area (TPSA) is 7.12 Å². The Kier molecular flexibility index (Phi) is 2.89. The molecule has 118 valence electrons. The maximum atomic E-state index is 14.5. The van der Waals surface area contributed by atoms with Gasteiger partial charge in [0.25, 0.3) is 0 Å². The predicted octanol–water partition coefficient (Wildman–Crippen LogP) is 3.76. The number of benzene rings is 1. The van der Waals surface area contributed by atoms with E-state index in [1.807, 2.05) is 25.1 Å². The van der Waals surface area contributed by atoms with Gasteiger partial charge in [0, 0.05) is 32.1 Å². The van der Waals surface area contributed by atoms with Crippen molar-refractivity contribution >= 4 is 5.69 Å². The zero-order chi connectivity index (χ0) is 16.4. The van der Waals surface area contributed by atoms with E-state index >= 15 is 0 Å². The van der Waals surface area contributed by atoms with E-state index in [2.05, 4.69) is 29.3 Å². The SMILES string of the molecule is C=CC12CCN(C)c3ccc([n+]1c3)-c1c(F)cc(F)cc1C2C. The molecule has 2 nitrogen and oxygen atoms in total. The van der Waals surface area contributed by atoms with Crippen LogP contribution in [0.2, 0.25) is 0 Å². The van der Waals surface area contributed by atoms with Crippen molar-refractivity contribution in [2.45, 2.75) is 24.8 Å². The van der Waals surface area contributed by atoms with Gasteiger partial charge in [0.15, 0.2) is 11.7 Å². The van der Waals surface area contributed by atoms with Gasteiger partial charge in [0.05, 0.1) is 11.5 Å². The Morgan fingerprint density at radius 3 is 2.87 bits per heavy atom. The summed E-state index contributed by atoms with van der Waals surface area (Å²) in [5, 5.41) is 0. The normalized spacial score (nSPS) is 24.9. The standard InChI is InChI=1S/C19H19F2N2/c1-4-19-7-8-22(3)14-5-6-17(23(19)11-14)18-15(12(19)2)9-13(20)10-16(18)21/h4-6,9-12H,1,7-8H2,2-3H3/q+1. The number of pyridine rings is 1. The summed E-state index contributed by atoms with van der Waals surface area (Å²) in [6.45, 7) is 6.96. The van der Waals surface area contributed by atoms with Gasteiger partial charge in [-0.25, -0.2) is 8.78 Å². The maximum Gasteiger partial charge on any atom is 0.216 e. The Morgan fingerprint density at radius 1 is 1.35 bits per heavy atom. The second-order valence-electron chi connectivity index (χ2n) is 6.58. The monoisotopic (exact) mass is 313 g/mol. The van der Waals surface area contributed by atoms with Gasteiger partial charge in [-0.1, -0.05) is 13.5 Å². The van der Waals surface area contributed by atoms with E-state index in [1.165, 1.54) is 6.07 Å². The number of anilines is 1. The molecule has 1 aromatic heterocycles. The summed E-state index contributed by atoms with van der Waals surface area (Å²) in [4.78, 5) is 2.19. The number of allylic oxidation sites excluding steroid dienone is 1. The molecule has 2 aliphatic heterocycles. The minimum absolute atomic E-state index is 0.0561. The molecule has 0 aliphatic carbocycles. The van der Waals surface area contributed by atoms with Gasteiger partial charge in [-0.15, -0.1) is 0 Å². The van der Waals surface area contributed by atoms with Gasteiger partial charge in [0.2, 0.25) is 5.69 Å². The first-order valence-corrected chi connectivity index (χ1v) is 7.88. The highest BCUT2D eigenvalue weighted by atomic mass is 19.1. The lowest BCUT2D eigenvalue weighted by molar-refractivity contribution is -0.747. The van der Waals surface area contributed by atoms with Crippen LogP contribution in [0.5, 0.6) is 0 Å². The van der Waals surface area contributed by atoms with Gasteiger partial charge in [-0.3, -0.25) is 0 Å². The fourth-order valence-electron chi connectivity index (χ4n) is 4.14. The van der Waals surface area contributed by atoms with Crippen LogP contribution in [0.4, 0.5) is 14.5 Å². The van der Waals surface area contributed by atoms with Crippen LogP contribution in [0.3, 0.4) is 0 Å². The lowest BCUT2D eigenvalue weighted by atomic mass is 9.72. The van der Waals surface area contributed by atoms with Crippen molar-refractivity contribution in [2.75, 3.05) is 18.5 Å². The summed E-state index contributed by atoms with van der Waals surface area (Å²) in [5.74, 6) is -1.08. The summed E-state index contributed by atoms with van der Waals surface area (Å²) >= 11 is 0. The van der Waals surface area contributed by atoms with Crippen molar-refractivity contribution in [1.82, 2.24) is 0 Å². The molecule has 0 spiro atoms. The molecule has 2 aliphatic rings. The second-order valence-corrected chi connectivity index (χ2v) is 6.58. The highest BCUT2D eigenvalue weighted by Crippen LogP contribution is 2.46. The number of nitrogens with zero attached hydrogens (tertiary/aromatic N) is 2. The number of hydrogen-bond acceptors (Lipinski definition) is 1. The molecule has 0 radical (unpaired) electrons. The second kappa shape index (κ2) is 4.63. The van der Waals surface area contributed by atoms with E-state index in [0.29, 0.717) is 5.56 Å². The molecule has 2 aromatic rings. The number of halogens is 2. The van der Waals surface area contributed by atoms with E-state index in [-0.39, 0.29) is 11.5 Å². The number of fused-ring (bicyclic) bond motifs is 3. The molecule has 2 atom stereocenters. The molecule has 1 aromatic carbocycles. The largest absolute Gasteiger partial charge is 0.369 e. The Labute approximate surface area is 134 Å². The Bertz CT molecular complexity index is 830. The third-order valence-corrected chi connectivity index (χ3v) is 5.58. The molecule has 2 unspecified atom stereocenters. The first-order valence-electron chi connectivity index (χ1n) is 7.88. The molecule has 0 saturated carbocycles. The van der Waals surface area contributed by atoms with Crippen molar-refractivity contribution in [2.24, 2.45) is 0 Å². The molecule has 0 saturated heterocycles. The molecule has 2 bridgehead atoms. The molecule has 3 heterocycles. The van der Waals surface area contributed by atoms with Crippen LogP contribution in [-0.4, -0.2) is 13.6 Å². The van der Waals surface area contributed by atoms with Crippen LogP contribution in [-0.2, 0) is 5.54 Å². The fraction of sp³-hybridized carbons (Fsp3) is 0.316. The van der Waals surface area contributed by atoms with Gasteiger partial charge in [0.1, 0.15) is 17.3 Å². The van der Waals surface area contributed by atoms with E-state index in [9.17, 15) is 8.78 Å². The van der Waals surface area contributed by atoms with Crippen molar-refractivity contribution in [3.63, 3.8) is 0 Å². The lowest BCUT2D eigenvalue weighted by Crippen LogP contribution is -2.61. The first-order chi connectivity index (χ1) is 11.0. The van der Waals surface area contributed by atoms with Crippen LogP contribution < -0.4 is 9.47 Å². The molecule has 0 fully saturated rings. The van der Waals surface area contributed by atoms with Crippen LogP contribution in [0.15, 0.2) is 43.1 Å². The zero-order valence-electron chi connectivity index (χ0n) is 13.3. The molecule has 23 heavy (non-hydrogen) atoms. The zero-order valence-corrected chi connectivity index (χ0v) is 13.3. The molecule has 0 N–H and O–H groups in total. The smallest absolute Gasteiger partial charge is 0.216 e. The fourth-order valence-corrected chi connectivity index (χ4v) is 4.14. The predicted molar refractivity (Wildman–Crippen MR) is 86.5 cm³/mol. The van der Waals surface area contributed by atoms with Gasteiger partial charge in [-0.05, 0) is 23.8 Å². The lowest BCUT2D eigenvalue weighted by Gasteiger charge is -2.36. The Balaban J connectivity index is 2.12. The molecule has 4 rings (SSSR count). The van der Waals surface area contributed by atoms with Crippen molar-refractivity contribution < 1.29 is 13.3 Å². The summed E-state index contributed by atoms with van der Waals surface area (Å²) in [7, 11) is 2.05. The van der Waals surface area contributed by atoms with E-state index in [1.54, 1.807) is 0 Å². The molecular weight excluding hydrogens is 294 g/mol. The Hall–Kier alpha value is -2.23. The van der Waals surface area contributed by atoms with Gasteiger partial charge in [-0.2, -0.15) is 4.57 Å². The first kappa shape index (κ1) is 14.4. The van der Waals surface area contributed by atoms with E-state index in [0.717, 1.165) is 36.0 Å². The quantitative estimate of drug-likeness (QED) is 0.574.